The molecule has 2 saturated heterocycles. The SMILES string of the molecule is C=C1C(=O)SC[C@@H](NC(=O)c2ccc3ccccc3n2)C(=O)NCC(=O)N(C)[C@H]2CSSC[C@@H](C(=O)N1C)N(C)C(=O)CNC(=O)[C@H](NC(=O)c1ccc3ccccc3n1)CSC(=O)C(=C)N(C)C2=O. The van der Waals surface area contributed by atoms with E-state index in [0.717, 1.165) is 52.0 Å². The van der Waals surface area contributed by atoms with Gasteiger partial charge < -0.3 is 40.9 Å². The maximum atomic E-state index is 14.3. The van der Waals surface area contributed by atoms with Gasteiger partial charge in [0.05, 0.1) is 35.5 Å². The summed E-state index contributed by atoms with van der Waals surface area (Å²) in [5.41, 5.74) is 0.274. The molecule has 366 valence electrons. The Hall–Kier alpha value is -6.76. The Kier molecular flexibility index (Phi) is 17.8. The van der Waals surface area contributed by atoms with Crippen LogP contribution in [0.5, 0.6) is 0 Å². The average Bonchev–Trinajstić information content (AvgIpc) is 3.37. The lowest BCUT2D eigenvalue weighted by Crippen LogP contribution is -2.55. The van der Waals surface area contributed by atoms with E-state index in [4.69, 9.17) is 0 Å². The Balaban J connectivity index is 1.30. The summed E-state index contributed by atoms with van der Waals surface area (Å²) in [5, 5.41) is 10.1. The zero-order valence-corrected chi connectivity index (χ0v) is 41.6. The zero-order chi connectivity index (χ0) is 50.8. The van der Waals surface area contributed by atoms with Crippen LogP contribution in [0.1, 0.15) is 21.0 Å². The number of carbonyl (C=O) groups excluding carboxylic acids is 10. The lowest BCUT2D eigenvalue weighted by atomic mass is 10.2. The molecule has 0 unspecified atom stereocenters. The highest BCUT2D eigenvalue weighted by molar-refractivity contribution is 8.76. The number of rotatable bonds is 4. The van der Waals surface area contributed by atoms with Crippen molar-refractivity contribution >= 4 is 124 Å². The number of benzene rings is 2. The Bertz CT molecular complexity index is 2630. The van der Waals surface area contributed by atoms with Gasteiger partial charge in [0.2, 0.25) is 33.9 Å². The van der Waals surface area contributed by atoms with Crippen LogP contribution in [0.3, 0.4) is 0 Å². The van der Waals surface area contributed by atoms with Gasteiger partial charge in [0.15, 0.2) is 0 Å². The molecule has 2 aromatic carbocycles. The summed E-state index contributed by atoms with van der Waals surface area (Å²) in [6.45, 7) is 6.29. The number of nitrogens with zero attached hydrogens (tertiary/aromatic N) is 6. The number of likely N-dealkylation sites (N-methyl/N-ethyl adjacent to an activating group) is 4. The molecule has 8 amide bonds. The van der Waals surface area contributed by atoms with E-state index >= 15 is 0 Å². The minimum atomic E-state index is -1.45. The Morgan fingerprint density at radius 1 is 0.557 bits per heavy atom. The Labute approximate surface area is 418 Å². The van der Waals surface area contributed by atoms with Gasteiger partial charge >= 0.3 is 0 Å². The van der Waals surface area contributed by atoms with Gasteiger partial charge in [-0.15, -0.1) is 0 Å². The number of thioether (sulfide) groups is 2. The van der Waals surface area contributed by atoms with E-state index in [0.29, 0.717) is 34.6 Å². The van der Waals surface area contributed by atoms with Crippen LogP contribution >= 0.6 is 45.1 Å². The molecule has 20 nitrogen and oxygen atoms in total. The third kappa shape index (κ3) is 12.7. The number of nitrogens with one attached hydrogen (secondary N) is 4. The minimum Gasteiger partial charge on any atom is -0.345 e. The minimum absolute atomic E-state index is 0.0384. The van der Waals surface area contributed by atoms with Gasteiger partial charge in [-0.2, -0.15) is 0 Å². The smallest absolute Gasteiger partial charge is 0.270 e. The summed E-state index contributed by atoms with van der Waals surface area (Å²) in [6, 6.07) is 14.9. The first kappa shape index (κ1) is 52.6. The molecule has 2 bridgehead atoms. The van der Waals surface area contributed by atoms with Crippen molar-refractivity contribution in [2.24, 2.45) is 0 Å². The molecule has 4 heterocycles. The molecule has 4 aromatic rings. The quantitative estimate of drug-likeness (QED) is 0.167. The van der Waals surface area contributed by atoms with Gasteiger partial charge in [0, 0.05) is 62.0 Å². The molecule has 4 N–H and O–H groups in total. The standard InChI is InChI=1S/C46H48N10O10S4/c1-25-45(65)67-21-33(51-41(61)31-17-15-27-11-7-9-13-29(27)49-31)39(59)47-20-38(58)56(6)36-24-70-69-23-35(43(63)53(25)3)55(5)37(57)19-48-40(60)34(22-68-46(66)26(2)54(4)44(36)64)52-42(62)32-18-16-28-12-8-10-14-30(28)50-32/h7-18,33-36H,1-2,19-24H2,3-6H3,(H,47,59)(H,48,60)(H,51,61)(H,52,62)/t33-,34-,35+,36+/m1/s1. The first-order valence-corrected chi connectivity index (χ1v) is 25.7. The fourth-order valence-electron chi connectivity index (χ4n) is 6.78. The number of hydrogen-bond acceptors (Lipinski definition) is 16. The van der Waals surface area contributed by atoms with Crippen molar-refractivity contribution in [2.45, 2.75) is 24.2 Å². The van der Waals surface area contributed by atoms with Crippen LogP contribution in [0.4, 0.5) is 0 Å². The maximum absolute atomic E-state index is 14.3. The van der Waals surface area contributed by atoms with Gasteiger partial charge in [-0.3, -0.25) is 47.9 Å². The predicted octanol–water partition coefficient (Wildman–Crippen LogP) is 1.44. The van der Waals surface area contributed by atoms with Gasteiger partial charge in [0.25, 0.3) is 23.6 Å². The predicted molar refractivity (Wildman–Crippen MR) is 269 cm³/mol. The van der Waals surface area contributed by atoms with E-state index in [1.54, 1.807) is 60.7 Å². The molecule has 2 aromatic heterocycles. The second-order valence-corrected chi connectivity index (χ2v) is 20.3. The van der Waals surface area contributed by atoms with E-state index < -0.39 is 106 Å². The van der Waals surface area contributed by atoms with E-state index in [9.17, 15) is 47.9 Å². The third-order valence-corrected chi connectivity index (χ3v) is 15.6. The number of hydrogen-bond donors (Lipinski definition) is 4. The first-order chi connectivity index (χ1) is 33.4. The number of fused-ring (bicyclic) bond motifs is 7. The lowest BCUT2D eigenvalue weighted by Gasteiger charge is -2.33. The van der Waals surface area contributed by atoms with Gasteiger partial charge in [-0.25, -0.2) is 9.97 Å². The molecular formula is C46H48N10O10S4. The van der Waals surface area contributed by atoms with E-state index in [1.807, 2.05) is 0 Å². The van der Waals surface area contributed by atoms with Crippen LogP contribution in [-0.4, -0.2) is 176 Å². The fourth-order valence-corrected chi connectivity index (χ4v) is 11.0. The van der Waals surface area contributed by atoms with Crippen LogP contribution in [0.25, 0.3) is 21.8 Å². The second-order valence-electron chi connectivity index (χ2n) is 15.8. The summed E-state index contributed by atoms with van der Waals surface area (Å²) in [7, 11) is 7.29. The summed E-state index contributed by atoms with van der Waals surface area (Å²) >= 11 is 1.11. The Morgan fingerprint density at radius 3 is 1.31 bits per heavy atom. The van der Waals surface area contributed by atoms with Gasteiger partial charge in [-0.05, 0) is 24.3 Å². The zero-order valence-electron chi connectivity index (χ0n) is 38.3. The molecule has 6 rings (SSSR count). The maximum Gasteiger partial charge on any atom is 0.270 e. The normalized spacial score (nSPS) is 21.7. The molecule has 2 fully saturated rings. The van der Waals surface area contributed by atoms with E-state index in [2.05, 4.69) is 44.4 Å². The Morgan fingerprint density at radius 2 is 0.929 bits per heavy atom. The van der Waals surface area contributed by atoms with Crippen molar-refractivity contribution in [1.82, 2.24) is 50.8 Å². The number of carbonyl (C=O) groups is 10. The molecule has 0 spiro atoms. The van der Waals surface area contributed by atoms with Crippen LogP contribution in [0.2, 0.25) is 0 Å². The molecule has 24 heteroatoms. The monoisotopic (exact) mass is 1030 g/mol. The van der Waals surface area contributed by atoms with E-state index in [-0.39, 0.29) is 34.3 Å². The summed E-state index contributed by atoms with van der Waals surface area (Å²) in [5.74, 6) is -7.41. The number of para-hydroxylation sites is 2. The van der Waals surface area contributed by atoms with Crippen molar-refractivity contribution in [2.75, 3.05) is 64.3 Å². The molecule has 70 heavy (non-hydrogen) atoms. The largest absolute Gasteiger partial charge is 0.345 e. The molecule has 0 aliphatic carbocycles. The van der Waals surface area contributed by atoms with Crippen LogP contribution in [0.15, 0.2) is 97.3 Å². The fraction of sp³-hybridized carbons (Fsp3) is 0.304. The van der Waals surface area contributed by atoms with Crippen LogP contribution in [0, 0.1) is 0 Å². The highest BCUT2D eigenvalue weighted by Crippen LogP contribution is 2.28. The van der Waals surface area contributed by atoms with Gasteiger partial charge in [-0.1, -0.05) is 107 Å². The van der Waals surface area contributed by atoms with Crippen molar-refractivity contribution in [3.05, 3.63) is 109 Å². The molecule has 2 aliphatic heterocycles. The molecule has 4 atom stereocenters. The topological polar surface area (TPSA) is 258 Å². The van der Waals surface area contributed by atoms with Crippen molar-refractivity contribution in [3.63, 3.8) is 0 Å². The summed E-state index contributed by atoms with van der Waals surface area (Å²) < 4.78 is 0. The van der Waals surface area contributed by atoms with Crippen molar-refractivity contribution < 1.29 is 47.9 Å². The average molecular weight is 1030 g/mol. The van der Waals surface area contributed by atoms with Crippen LogP contribution in [-0.2, 0) is 38.4 Å². The van der Waals surface area contributed by atoms with Crippen molar-refractivity contribution in [1.29, 1.82) is 0 Å². The first-order valence-electron chi connectivity index (χ1n) is 21.3. The van der Waals surface area contributed by atoms with Crippen LogP contribution < -0.4 is 21.3 Å². The lowest BCUT2D eigenvalue weighted by molar-refractivity contribution is -0.142. The summed E-state index contributed by atoms with van der Waals surface area (Å²) in [6.07, 6.45) is 0. The third-order valence-electron chi connectivity index (χ3n) is 11.3. The molecular weight excluding hydrogens is 981 g/mol. The second kappa shape index (κ2) is 23.7. The van der Waals surface area contributed by atoms with E-state index in [1.165, 1.54) is 40.3 Å². The van der Waals surface area contributed by atoms with Crippen molar-refractivity contribution in [3.8, 4) is 0 Å². The number of aromatic nitrogens is 2. The molecule has 2 aliphatic rings. The summed E-state index contributed by atoms with van der Waals surface area (Å²) in [4.78, 5) is 151. The van der Waals surface area contributed by atoms with Gasteiger partial charge in [0.1, 0.15) is 35.6 Å². The number of amides is 8. The highest BCUT2D eigenvalue weighted by Gasteiger charge is 2.37. The highest BCUT2D eigenvalue weighted by atomic mass is 33.1. The molecule has 0 radical (unpaired) electrons. The molecule has 0 saturated carbocycles. The number of pyridine rings is 2.